The molecule has 1 unspecified atom stereocenters. The maximum Gasteiger partial charge on any atom is 0.218 e. The number of aliphatic hydroxyl groups is 1. The van der Waals surface area contributed by atoms with Crippen molar-refractivity contribution in [3.05, 3.63) is 35.1 Å². The number of hydrogen-bond acceptors (Lipinski definition) is 5. The summed E-state index contributed by atoms with van der Waals surface area (Å²) < 4.78 is 39.7. The lowest BCUT2D eigenvalue weighted by atomic mass is 9.87. The number of likely N-dealkylation sites (tertiary alicyclic amines) is 1. The molecule has 0 amide bonds. The second-order valence-corrected chi connectivity index (χ2v) is 10.4. The molecule has 2 aliphatic rings. The lowest BCUT2D eigenvalue weighted by Gasteiger charge is -2.33. The molecule has 0 aromatic heterocycles. The van der Waals surface area contributed by atoms with Gasteiger partial charge in [0.1, 0.15) is 5.82 Å². The highest BCUT2D eigenvalue weighted by Crippen LogP contribution is 2.29. The van der Waals surface area contributed by atoms with Crippen molar-refractivity contribution in [3.63, 3.8) is 0 Å². The van der Waals surface area contributed by atoms with Crippen LogP contribution in [0.15, 0.2) is 23.2 Å². The molecule has 0 spiro atoms. The van der Waals surface area contributed by atoms with Crippen molar-refractivity contribution >= 4 is 15.7 Å². The predicted octanol–water partition coefficient (Wildman–Crippen LogP) is 2.26. The first-order valence-corrected chi connectivity index (χ1v) is 12.0. The van der Waals surface area contributed by atoms with E-state index in [2.05, 4.69) is 9.89 Å². The zero-order valence-corrected chi connectivity index (χ0v) is 18.2. The van der Waals surface area contributed by atoms with Gasteiger partial charge in [0.25, 0.3) is 0 Å². The Morgan fingerprint density at radius 2 is 2.07 bits per heavy atom. The first-order chi connectivity index (χ1) is 13.9. The fourth-order valence-corrected chi connectivity index (χ4v) is 5.70. The number of benzene rings is 1. The molecular formula is C21H32FN3O3S. The Hall–Kier alpha value is -1.35. The highest BCUT2D eigenvalue weighted by molar-refractivity contribution is 7.89. The van der Waals surface area contributed by atoms with Gasteiger partial charge in [-0.2, -0.15) is 0 Å². The van der Waals surface area contributed by atoms with Gasteiger partial charge in [0.2, 0.25) is 10.0 Å². The predicted molar refractivity (Wildman–Crippen MR) is 113 cm³/mol. The molecule has 3 rings (SSSR count). The van der Waals surface area contributed by atoms with Gasteiger partial charge in [-0.3, -0.25) is 4.99 Å². The van der Waals surface area contributed by atoms with Gasteiger partial charge in [0.15, 0.2) is 0 Å². The van der Waals surface area contributed by atoms with Crippen molar-refractivity contribution in [3.8, 4) is 0 Å². The first-order valence-electron chi connectivity index (χ1n) is 10.5. The maximum absolute atomic E-state index is 13.4. The smallest absolute Gasteiger partial charge is 0.218 e. The van der Waals surface area contributed by atoms with E-state index in [9.17, 15) is 17.9 Å². The molecule has 0 saturated carbocycles. The molecule has 1 fully saturated rings. The van der Waals surface area contributed by atoms with Crippen LogP contribution in [0.25, 0.3) is 0 Å². The third-order valence-electron chi connectivity index (χ3n) is 6.10. The number of fused-ring (bicyclic) bond motifs is 1. The van der Waals surface area contributed by atoms with Crippen LogP contribution in [0.1, 0.15) is 44.2 Å². The van der Waals surface area contributed by atoms with Gasteiger partial charge in [0, 0.05) is 30.3 Å². The molecular weight excluding hydrogens is 393 g/mol. The fraction of sp³-hybridized carbons (Fsp3) is 0.667. The van der Waals surface area contributed by atoms with Gasteiger partial charge >= 0.3 is 0 Å². The molecule has 1 saturated heterocycles. The second-order valence-electron chi connectivity index (χ2n) is 8.00. The molecule has 0 bridgehead atoms. The molecule has 29 heavy (non-hydrogen) atoms. The second kappa shape index (κ2) is 9.64. The molecule has 162 valence electrons. The quantitative estimate of drug-likeness (QED) is 0.659. The monoisotopic (exact) mass is 425 g/mol. The van der Waals surface area contributed by atoms with Crippen LogP contribution in [0.5, 0.6) is 0 Å². The van der Waals surface area contributed by atoms with Crippen molar-refractivity contribution in [2.75, 3.05) is 39.3 Å². The van der Waals surface area contributed by atoms with E-state index in [4.69, 9.17) is 0 Å². The number of halogens is 1. The van der Waals surface area contributed by atoms with Crippen molar-refractivity contribution in [1.82, 2.24) is 9.21 Å². The summed E-state index contributed by atoms with van der Waals surface area (Å²) in [6, 6.07) is 4.96. The fourth-order valence-electron chi connectivity index (χ4n) is 4.26. The van der Waals surface area contributed by atoms with Gasteiger partial charge in [-0.15, -0.1) is 0 Å². The van der Waals surface area contributed by atoms with Crippen molar-refractivity contribution in [2.24, 2.45) is 10.9 Å². The molecule has 1 aromatic rings. The van der Waals surface area contributed by atoms with E-state index in [1.165, 1.54) is 10.4 Å². The Morgan fingerprint density at radius 3 is 2.72 bits per heavy atom. The van der Waals surface area contributed by atoms with Gasteiger partial charge in [-0.05, 0) is 69.6 Å². The third kappa shape index (κ3) is 5.05. The molecule has 1 N–H and O–H groups in total. The summed E-state index contributed by atoms with van der Waals surface area (Å²) in [6.45, 7) is 7.30. The van der Waals surface area contributed by atoms with Gasteiger partial charge < -0.3 is 10.0 Å². The molecule has 6 nitrogen and oxygen atoms in total. The Kier molecular flexibility index (Phi) is 7.42. The summed E-state index contributed by atoms with van der Waals surface area (Å²) in [4.78, 5) is 7.06. The number of piperidine rings is 1. The van der Waals surface area contributed by atoms with Crippen LogP contribution in [-0.2, 0) is 16.6 Å². The van der Waals surface area contributed by atoms with Crippen molar-refractivity contribution < 1.29 is 17.9 Å². The molecule has 2 heterocycles. The van der Waals surface area contributed by atoms with Crippen molar-refractivity contribution in [2.45, 2.75) is 44.9 Å². The Bertz CT molecular complexity index is 836. The standard InChI is InChI=1S/C21H32FN3O3S/c1-3-25(29(27,28)16(2)15-26)10-4-9-24-11-7-17(8-12-24)21-20-6-5-19(22)13-18(20)14-23-21/h5-6,13,16-17,26H,3-4,7-12,14-15H2,1-2H3. The molecule has 0 aliphatic carbocycles. The molecule has 2 aliphatic heterocycles. The van der Waals surface area contributed by atoms with Crippen LogP contribution in [0, 0.1) is 11.7 Å². The lowest BCUT2D eigenvalue weighted by Crippen LogP contribution is -2.41. The van der Waals surface area contributed by atoms with Gasteiger partial charge in [-0.25, -0.2) is 17.1 Å². The maximum atomic E-state index is 13.4. The topological polar surface area (TPSA) is 73.2 Å². The van der Waals surface area contributed by atoms with Crippen molar-refractivity contribution in [1.29, 1.82) is 0 Å². The summed E-state index contributed by atoms with van der Waals surface area (Å²) in [5, 5.41) is 8.43. The first kappa shape index (κ1) is 22.3. The average Bonchev–Trinajstić information content (AvgIpc) is 3.13. The van der Waals surface area contributed by atoms with Crippen LogP contribution in [0.3, 0.4) is 0 Å². The molecule has 1 atom stereocenters. The van der Waals surface area contributed by atoms with E-state index in [1.54, 1.807) is 13.0 Å². The minimum Gasteiger partial charge on any atom is -0.395 e. The van der Waals surface area contributed by atoms with Crippen LogP contribution in [0.4, 0.5) is 4.39 Å². The van der Waals surface area contributed by atoms with Gasteiger partial charge in [0.05, 0.1) is 18.4 Å². The summed E-state index contributed by atoms with van der Waals surface area (Å²) >= 11 is 0. The number of hydrogen-bond donors (Lipinski definition) is 1. The lowest BCUT2D eigenvalue weighted by molar-refractivity contribution is 0.202. The van der Waals surface area contributed by atoms with Gasteiger partial charge in [-0.1, -0.05) is 6.92 Å². The number of aliphatic hydroxyl groups excluding tert-OH is 1. The molecule has 0 radical (unpaired) electrons. The molecule has 8 heteroatoms. The summed E-state index contributed by atoms with van der Waals surface area (Å²) in [7, 11) is -3.43. The Balaban J connectivity index is 1.46. The van der Waals surface area contributed by atoms with E-state index < -0.39 is 15.3 Å². The van der Waals surface area contributed by atoms with E-state index in [0.29, 0.717) is 25.6 Å². The van der Waals surface area contributed by atoms with E-state index in [1.807, 2.05) is 13.0 Å². The highest BCUT2D eigenvalue weighted by atomic mass is 32.2. The number of nitrogens with zero attached hydrogens (tertiary/aromatic N) is 3. The minimum absolute atomic E-state index is 0.202. The number of aliphatic imine (C=N–C) groups is 1. The summed E-state index contributed by atoms with van der Waals surface area (Å²) in [6.07, 6.45) is 2.82. The normalized spacial score (nSPS) is 19.4. The van der Waals surface area contributed by atoms with E-state index in [0.717, 1.165) is 55.7 Å². The number of rotatable bonds is 9. The number of sulfonamides is 1. The highest BCUT2D eigenvalue weighted by Gasteiger charge is 2.29. The largest absolute Gasteiger partial charge is 0.395 e. The Morgan fingerprint density at radius 1 is 1.34 bits per heavy atom. The third-order valence-corrected chi connectivity index (χ3v) is 8.42. The summed E-state index contributed by atoms with van der Waals surface area (Å²) in [5.41, 5.74) is 3.22. The Labute approximate surface area is 173 Å². The van der Waals surface area contributed by atoms with E-state index in [-0.39, 0.29) is 12.4 Å². The molecule has 1 aromatic carbocycles. The average molecular weight is 426 g/mol. The zero-order valence-electron chi connectivity index (χ0n) is 17.3. The van der Waals surface area contributed by atoms with Crippen LogP contribution in [0.2, 0.25) is 0 Å². The van der Waals surface area contributed by atoms with Crippen LogP contribution in [-0.4, -0.2) is 73.0 Å². The van der Waals surface area contributed by atoms with E-state index >= 15 is 0 Å². The summed E-state index contributed by atoms with van der Waals surface area (Å²) in [5.74, 6) is 0.211. The van der Waals surface area contributed by atoms with Crippen LogP contribution >= 0.6 is 0 Å². The minimum atomic E-state index is -3.43. The van der Waals surface area contributed by atoms with Crippen LogP contribution < -0.4 is 0 Å². The SMILES string of the molecule is CCN(CCCN1CCC(C2=NCc3cc(F)ccc32)CC1)S(=O)(=O)C(C)CO. The zero-order chi connectivity index (χ0) is 21.0.